The number of halogens is 2. The van der Waals surface area contributed by atoms with Crippen molar-refractivity contribution in [2.24, 2.45) is 0 Å². The normalized spacial score (nSPS) is 15.9. The molecule has 3 N–H and O–H groups in total. The molecule has 0 atom stereocenters. The van der Waals surface area contributed by atoms with E-state index in [9.17, 15) is 24.3 Å². The van der Waals surface area contributed by atoms with Crippen LogP contribution < -0.4 is 10.2 Å². The van der Waals surface area contributed by atoms with Gasteiger partial charge in [-0.15, -0.1) is 0 Å². The Morgan fingerprint density at radius 1 is 1.14 bits per heavy atom. The molecule has 2 aromatic heterocycles. The summed E-state index contributed by atoms with van der Waals surface area (Å²) < 4.78 is 0. The minimum absolute atomic E-state index is 0.0179. The zero-order valence-electron chi connectivity index (χ0n) is 19.5. The monoisotopic (exact) mass is 561 g/mol. The van der Waals surface area contributed by atoms with Crippen molar-refractivity contribution >= 4 is 63.4 Å². The van der Waals surface area contributed by atoms with Crippen LogP contribution in [0.3, 0.4) is 0 Å². The maximum absolute atomic E-state index is 12.7. The second-order valence-corrected chi connectivity index (χ2v) is 10.5. The first-order chi connectivity index (χ1) is 17.7. The van der Waals surface area contributed by atoms with Gasteiger partial charge in [-0.3, -0.25) is 19.3 Å². The highest BCUT2D eigenvalue weighted by atomic mass is 35.5. The Morgan fingerprint density at radius 2 is 1.76 bits per heavy atom. The molecule has 10 nitrogen and oxygen atoms in total. The molecule has 3 amide bonds. The second-order valence-electron chi connectivity index (χ2n) is 8.81. The number of thiazole rings is 1. The van der Waals surface area contributed by atoms with Crippen molar-refractivity contribution in [1.29, 1.82) is 0 Å². The molecule has 5 rings (SSSR count). The molecule has 0 saturated carbocycles. The first-order valence-corrected chi connectivity index (χ1v) is 13.0. The van der Waals surface area contributed by atoms with Gasteiger partial charge in [-0.1, -0.05) is 46.7 Å². The molecule has 0 unspecified atom stereocenters. The minimum atomic E-state index is -1.17. The lowest BCUT2D eigenvalue weighted by Crippen LogP contribution is -2.44. The van der Waals surface area contributed by atoms with Crippen molar-refractivity contribution in [3.8, 4) is 0 Å². The topological polar surface area (TPSA) is 136 Å². The smallest absolute Gasteiger partial charge is 0.347 e. The van der Waals surface area contributed by atoms with Gasteiger partial charge in [0.2, 0.25) is 0 Å². The number of hydrogen-bond acceptors (Lipinski definition) is 7. The Labute approximate surface area is 225 Å². The van der Waals surface area contributed by atoms with Crippen LogP contribution in [0, 0.1) is 6.92 Å². The van der Waals surface area contributed by atoms with Gasteiger partial charge >= 0.3 is 5.97 Å². The fourth-order valence-electron chi connectivity index (χ4n) is 4.48. The van der Waals surface area contributed by atoms with Gasteiger partial charge in [0.25, 0.3) is 17.7 Å². The average molecular weight is 562 g/mol. The molecule has 2 aliphatic heterocycles. The van der Waals surface area contributed by atoms with Gasteiger partial charge in [-0.05, 0) is 31.9 Å². The maximum atomic E-state index is 12.7. The highest BCUT2D eigenvalue weighted by Gasteiger charge is 2.37. The predicted octanol–water partition coefficient (Wildman–Crippen LogP) is 3.98. The highest BCUT2D eigenvalue weighted by molar-refractivity contribution is 7.17. The van der Waals surface area contributed by atoms with Crippen LogP contribution in [0.25, 0.3) is 0 Å². The number of piperidine rings is 1. The molecule has 0 aliphatic carbocycles. The molecule has 0 radical (unpaired) electrons. The fraction of sp³-hybridized carbons (Fsp3) is 0.292. The summed E-state index contributed by atoms with van der Waals surface area (Å²) in [5.74, 6) is -2.46. The summed E-state index contributed by atoms with van der Waals surface area (Å²) in [5, 5.41) is 13.7. The summed E-state index contributed by atoms with van der Waals surface area (Å²) in [6, 6.07) is 6.38. The number of carbonyl (C=O) groups excluding carboxylic acids is 3. The number of rotatable bonds is 6. The number of aromatic nitrogens is 2. The number of imide groups is 1. The zero-order valence-corrected chi connectivity index (χ0v) is 21.8. The Morgan fingerprint density at radius 3 is 2.30 bits per heavy atom. The number of aromatic amines is 1. The van der Waals surface area contributed by atoms with Crippen LogP contribution in [-0.4, -0.2) is 62.8 Å². The Balaban J connectivity index is 1.26. The molecule has 2 aliphatic rings. The molecular formula is C24H21Cl2N5O5S. The van der Waals surface area contributed by atoms with Crippen molar-refractivity contribution in [3.63, 3.8) is 0 Å². The van der Waals surface area contributed by atoms with Crippen LogP contribution in [0.4, 0.5) is 5.13 Å². The summed E-state index contributed by atoms with van der Waals surface area (Å²) in [4.78, 5) is 60.4. The third-order valence-electron chi connectivity index (χ3n) is 6.45. The van der Waals surface area contributed by atoms with E-state index >= 15 is 0 Å². The number of nitrogens with one attached hydrogen (secondary N) is 2. The number of hydrogen-bond donors (Lipinski definition) is 3. The number of H-pyrrole nitrogens is 1. The van der Waals surface area contributed by atoms with Gasteiger partial charge in [0.15, 0.2) is 5.13 Å². The molecule has 37 heavy (non-hydrogen) atoms. The van der Waals surface area contributed by atoms with E-state index in [1.807, 2.05) is 4.90 Å². The molecule has 1 saturated heterocycles. The van der Waals surface area contributed by atoms with Gasteiger partial charge in [-0.2, -0.15) is 0 Å². The van der Waals surface area contributed by atoms with E-state index in [4.69, 9.17) is 23.2 Å². The van der Waals surface area contributed by atoms with E-state index in [0.717, 1.165) is 16.2 Å². The summed E-state index contributed by atoms with van der Waals surface area (Å²) in [7, 11) is 0. The quantitative estimate of drug-likeness (QED) is 0.387. The summed E-state index contributed by atoms with van der Waals surface area (Å²) in [6.45, 7) is 2.56. The van der Waals surface area contributed by atoms with E-state index in [0.29, 0.717) is 52.9 Å². The fourth-order valence-corrected chi connectivity index (χ4v) is 5.86. The zero-order chi connectivity index (χ0) is 26.4. The highest BCUT2D eigenvalue weighted by Crippen LogP contribution is 2.32. The second kappa shape index (κ2) is 9.81. The van der Waals surface area contributed by atoms with Crippen molar-refractivity contribution < 1.29 is 24.3 Å². The molecule has 1 aromatic carbocycles. The van der Waals surface area contributed by atoms with Crippen LogP contribution in [0.1, 0.15) is 65.1 Å². The van der Waals surface area contributed by atoms with Crippen LogP contribution >= 0.6 is 34.5 Å². The predicted molar refractivity (Wildman–Crippen MR) is 138 cm³/mol. The number of aromatic carboxylic acids is 1. The van der Waals surface area contributed by atoms with Crippen LogP contribution in [-0.2, 0) is 6.54 Å². The number of fused-ring (bicyclic) bond motifs is 1. The lowest BCUT2D eigenvalue weighted by Gasteiger charge is -2.32. The standard InChI is InChI=1S/C24H21Cl2N5O5S/c1-11-16(25)17(26)18(27-11)20(32)28-12-6-8-30(9-7-12)24-29-15(19(37-24)23(35)36)10-31-21(33)13-4-2-3-5-14(13)22(31)34/h2-5,12,27H,6-10H2,1H3,(H,28,32)(H,35,36). The number of amides is 3. The number of benzene rings is 1. The van der Waals surface area contributed by atoms with E-state index in [1.54, 1.807) is 31.2 Å². The molecule has 0 bridgehead atoms. The van der Waals surface area contributed by atoms with Gasteiger partial charge in [-0.25, -0.2) is 9.78 Å². The van der Waals surface area contributed by atoms with E-state index < -0.39 is 17.8 Å². The number of carbonyl (C=O) groups is 4. The number of aryl methyl sites for hydroxylation is 1. The Hall–Kier alpha value is -3.41. The largest absolute Gasteiger partial charge is 0.477 e. The maximum Gasteiger partial charge on any atom is 0.347 e. The number of carboxylic acid groups (broad SMARTS) is 1. The van der Waals surface area contributed by atoms with Crippen molar-refractivity contribution in [1.82, 2.24) is 20.2 Å². The van der Waals surface area contributed by atoms with E-state index in [2.05, 4.69) is 15.3 Å². The molecular weight excluding hydrogens is 541 g/mol. The van der Waals surface area contributed by atoms with Crippen LogP contribution in [0.2, 0.25) is 10.0 Å². The molecule has 192 valence electrons. The molecule has 1 fully saturated rings. The van der Waals surface area contributed by atoms with Gasteiger partial charge in [0, 0.05) is 24.8 Å². The lowest BCUT2D eigenvalue weighted by molar-refractivity contribution is 0.0627. The average Bonchev–Trinajstić information content (AvgIpc) is 3.50. The first-order valence-electron chi connectivity index (χ1n) is 11.4. The van der Waals surface area contributed by atoms with Gasteiger partial charge in [0.05, 0.1) is 33.4 Å². The summed E-state index contributed by atoms with van der Waals surface area (Å²) in [6.07, 6.45) is 1.21. The molecule has 13 heteroatoms. The molecule has 4 heterocycles. The Kier molecular flexibility index (Phi) is 6.69. The number of carboxylic acids is 1. The van der Waals surface area contributed by atoms with E-state index in [1.165, 1.54) is 0 Å². The van der Waals surface area contributed by atoms with Crippen molar-refractivity contribution in [3.05, 3.63) is 67.4 Å². The minimum Gasteiger partial charge on any atom is -0.477 e. The first kappa shape index (κ1) is 25.2. The van der Waals surface area contributed by atoms with Crippen LogP contribution in [0.15, 0.2) is 24.3 Å². The SMILES string of the molecule is Cc1[nH]c(C(=O)NC2CCN(c3nc(CN4C(=O)c5ccccc5C4=O)c(C(=O)O)s3)CC2)c(Cl)c1Cl. The third-order valence-corrected chi connectivity index (χ3v) is 8.54. The Bertz CT molecular complexity index is 1410. The van der Waals surface area contributed by atoms with Gasteiger partial charge in [0.1, 0.15) is 10.6 Å². The van der Waals surface area contributed by atoms with Crippen molar-refractivity contribution in [2.75, 3.05) is 18.0 Å². The van der Waals surface area contributed by atoms with E-state index in [-0.39, 0.29) is 39.8 Å². The molecule has 3 aromatic rings. The third kappa shape index (κ3) is 4.58. The lowest BCUT2D eigenvalue weighted by atomic mass is 10.1. The van der Waals surface area contributed by atoms with Crippen molar-refractivity contribution in [2.45, 2.75) is 32.4 Å². The summed E-state index contributed by atoms with van der Waals surface area (Å²) in [5.41, 5.74) is 1.58. The molecule has 0 spiro atoms. The number of anilines is 1. The summed E-state index contributed by atoms with van der Waals surface area (Å²) >= 11 is 13.2. The van der Waals surface area contributed by atoms with Crippen LogP contribution in [0.5, 0.6) is 0 Å². The van der Waals surface area contributed by atoms with Gasteiger partial charge < -0.3 is 20.3 Å². The number of nitrogens with zero attached hydrogens (tertiary/aromatic N) is 3.